The summed E-state index contributed by atoms with van der Waals surface area (Å²) in [4.78, 5) is 0. The predicted octanol–water partition coefficient (Wildman–Crippen LogP) is 5.71. The van der Waals surface area contributed by atoms with Crippen LogP contribution in [-0.4, -0.2) is 20.3 Å². The van der Waals surface area contributed by atoms with Gasteiger partial charge in [-0.25, -0.2) is 0 Å². The molecule has 0 spiro atoms. The monoisotopic (exact) mass is 396 g/mol. The molecular weight excluding hydrogens is 372 g/mol. The molecule has 0 aromatic heterocycles. The molecule has 30 heavy (non-hydrogen) atoms. The molecule has 2 atom stereocenters. The van der Waals surface area contributed by atoms with Crippen LogP contribution >= 0.6 is 0 Å². The highest BCUT2D eigenvalue weighted by molar-refractivity contribution is 5.61. The molecule has 3 heteroatoms. The van der Waals surface area contributed by atoms with E-state index < -0.39 is 5.60 Å². The van der Waals surface area contributed by atoms with Gasteiger partial charge >= 0.3 is 0 Å². The van der Waals surface area contributed by atoms with Crippen molar-refractivity contribution >= 4 is 6.08 Å². The first kappa shape index (κ1) is 18.7. The number of methoxy groups -OCH3 is 2. The lowest BCUT2D eigenvalue weighted by molar-refractivity contribution is -0.0352. The largest absolute Gasteiger partial charge is 0.497 e. The second kappa shape index (κ2) is 7.51. The lowest BCUT2D eigenvalue weighted by Gasteiger charge is -2.42. The van der Waals surface area contributed by atoms with Crippen molar-refractivity contribution in [2.45, 2.75) is 17.6 Å². The molecule has 0 saturated carbocycles. The fraction of sp³-hybridized carbons (Fsp3) is 0.185. The second-order valence-corrected chi connectivity index (χ2v) is 7.65. The number of hydrogen-bond acceptors (Lipinski definition) is 3. The Morgan fingerprint density at radius 2 is 1.33 bits per heavy atom. The van der Waals surface area contributed by atoms with E-state index in [1.165, 1.54) is 11.1 Å². The zero-order valence-corrected chi connectivity index (χ0v) is 17.1. The Morgan fingerprint density at radius 1 is 0.733 bits per heavy atom. The van der Waals surface area contributed by atoms with Gasteiger partial charge in [-0.3, -0.25) is 0 Å². The van der Waals surface area contributed by atoms with Crippen LogP contribution in [0, 0.1) is 0 Å². The van der Waals surface area contributed by atoms with Crippen LogP contribution in [0.2, 0.25) is 0 Å². The first-order valence-electron chi connectivity index (χ1n) is 10.2. The van der Waals surface area contributed by atoms with E-state index in [0.29, 0.717) is 0 Å². The third-order valence-electron chi connectivity index (χ3n) is 6.07. The maximum absolute atomic E-state index is 6.90. The van der Waals surface area contributed by atoms with Gasteiger partial charge in [-0.2, -0.15) is 0 Å². The fourth-order valence-electron chi connectivity index (χ4n) is 4.45. The highest BCUT2D eigenvalue weighted by Gasteiger charge is 2.41. The standard InChI is InChI=1S/C27H24O3/c1-28-22-12-8-20(9-13-22)27(21-10-14-23(29-2)15-11-21)18-17-25-24-6-4-3-5-19(24)7-16-26(25)30-27/h3-18,25-26H,1-2H3/t25-,26+/m1/s1. The molecule has 150 valence electrons. The molecule has 3 nitrogen and oxygen atoms in total. The molecule has 0 unspecified atom stereocenters. The topological polar surface area (TPSA) is 27.7 Å². The molecule has 1 aliphatic heterocycles. The van der Waals surface area contributed by atoms with Crippen LogP contribution in [0.25, 0.3) is 6.08 Å². The van der Waals surface area contributed by atoms with Gasteiger partial charge in [-0.15, -0.1) is 0 Å². The highest BCUT2D eigenvalue weighted by Crippen LogP contribution is 2.46. The van der Waals surface area contributed by atoms with Gasteiger partial charge in [0.15, 0.2) is 0 Å². The summed E-state index contributed by atoms with van der Waals surface area (Å²) in [6.45, 7) is 0. The third kappa shape index (κ3) is 3.03. The minimum Gasteiger partial charge on any atom is -0.497 e. The van der Waals surface area contributed by atoms with Crippen molar-refractivity contribution in [3.63, 3.8) is 0 Å². The first-order chi connectivity index (χ1) is 14.7. The number of fused-ring (bicyclic) bond motifs is 3. The molecule has 0 saturated heterocycles. The van der Waals surface area contributed by atoms with Gasteiger partial charge in [-0.05, 0) is 52.6 Å². The SMILES string of the molecule is COc1ccc(C2(c3ccc(OC)cc3)C=C[C@@H]3c4ccccc4C=C[C@@H]3O2)cc1. The molecule has 1 aliphatic carbocycles. The van der Waals surface area contributed by atoms with Crippen LogP contribution in [0.3, 0.4) is 0 Å². The van der Waals surface area contributed by atoms with Gasteiger partial charge in [-0.1, -0.05) is 66.8 Å². The fourth-order valence-corrected chi connectivity index (χ4v) is 4.45. The van der Waals surface area contributed by atoms with Crippen molar-refractivity contribution < 1.29 is 14.2 Å². The maximum atomic E-state index is 6.90. The average Bonchev–Trinajstić information content (AvgIpc) is 2.83. The van der Waals surface area contributed by atoms with Crippen LogP contribution in [0.1, 0.15) is 28.2 Å². The van der Waals surface area contributed by atoms with Crippen LogP contribution in [0.15, 0.2) is 91.0 Å². The van der Waals surface area contributed by atoms with Gasteiger partial charge in [0.1, 0.15) is 17.1 Å². The van der Waals surface area contributed by atoms with Crippen molar-refractivity contribution in [1.29, 1.82) is 0 Å². The van der Waals surface area contributed by atoms with Gasteiger partial charge in [0.25, 0.3) is 0 Å². The molecule has 0 amide bonds. The summed E-state index contributed by atoms with van der Waals surface area (Å²) in [6, 6.07) is 24.8. The number of ether oxygens (including phenoxy) is 3. The summed E-state index contributed by atoms with van der Waals surface area (Å²) in [7, 11) is 3.36. The summed E-state index contributed by atoms with van der Waals surface area (Å²) < 4.78 is 17.6. The zero-order chi connectivity index (χ0) is 20.6. The van der Waals surface area contributed by atoms with Crippen LogP contribution in [-0.2, 0) is 10.3 Å². The maximum Gasteiger partial charge on any atom is 0.137 e. The van der Waals surface area contributed by atoms with E-state index >= 15 is 0 Å². The lowest BCUT2D eigenvalue weighted by atomic mass is 9.77. The van der Waals surface area contributed by atoms with Gasteiger partial charge < -0.3 is 14.2 Å². The van der Waals surface area contributed by atoms with Crippen molar-refractivity contribution in [3.8, 4) is 11.5 Å². The summed E-state index contributed by atoms with van der Waals surface area (Å²) in [5.41, 5.74) is 4.01. The Balaban J connectivity index is 1.63. The summed E-state index contributed by atoms with van der Waals surface area (Å²) >= 11 is 0. The molecule has 0 bridgehead atoms. The minimum atomic E-state index is -0.684. The van der Waals surface area contributed by atoms with Gasteiger partial charge in [0, 0.05) is 5.92 Å². The second-order valence-electron chi connectivity index (χ2n) is 7.65. The molecule has 0 fully saturated rings. The Labute approximate surface area is 177 Å². The number of hydrogen-bond donors (Lipinski definition) is 0. The van der Waals surface area contributed by atoms with E-state index in [9.17, 15) is 0 Å². The molecule has 3 aromatic carbocycles. The quantitative estimate of drug-likeness (QED) is 0.529. The Bertz CT molecular complexity index is 1050. The van der Waals surface area contributed by atoms with Crippen molar-refractivity contribution in [2.75, 3.05) is 14.2 Å². The van der Waals surface area contributed by atoms with E-state index in [0.717, 1.165) is 22.6 Å². The minimum absolute atomic E-state index is 0.0471. The smallest absolute Gasteiger partial charge is 0.137 e. The van der Waals surface area contributed by atoms with Crippen molar-refractivity contribution in [1.82, 2.24) is 0 Å². The van der Waals surface area contributed by atoms with E-state index in [1.807, 2.05) is 24.3 Å². The van der Waals surface area contributed by atoms with Crippen molar-refractivity contribution in [2.24, 2.45) is 0 Å². The Kier molecular flexibility index (Phi) is 4.68. The lowest BCUT2D eigenvalue weighted by Crippen LogP contribution is -2.39. The van der Waals surface area contributed by atoms with Gasteiger partial charge in [0.05, 0.1) is 20.3 Å². The van der Waals surface area contributed by atoms with E-state index in [1.54, 1.807) is 14.2 Å². The molecule has 1 heterocycles. The molecule has 3 aromatic rings. The van der Waals surface area contributed by atoms with E-state index in [-0.39, 0.29) is 12.0 Å². The van der Waals surface area contributed by atoms with Crippen LogP contribution < -0.4 is 9.47 Å². The normalized spacial score (nSPS) is 20.9. The number of rotatable bonds is 4. The highest BCUT2D eigenvalue weighted by atomic mass is 16.5. The zero-order valence-electron chi connectivity index (χ0n) is 17.1. The molecule has 2 aliphatic rings. The first-order valence-corrected chi connectivity index (χ1v) is 10.2. The summed E-state index contributed by atoms with van der Waals surface area (Å²) in [6.07, 6.45) is 8.80. The number of benzene rings is 3. The van der Waals surface area contributed by atoms with E-state index in [2.05, 4.69) is 72.8 Å². The molecular formula is C27H24O3. The predicted molar refractivity (Wildman–Crippen MR) is 119 cm³/mol. The summed E-state index contributed by atoms with van der Waals surface area (Å²) in [5.74, 6) is 1.86. The third-order valence-corrected chi connectivity index (χ3v) is 6.07. The van der Waals surface area contributed by atoms with Gasteiger partial charge in [0.2, 0.25) is 0 Å². The average molecular weight is 396 g/mol. The summed E-state index contributed by atoms with van der Waals surface area (Å²) in [5, 5.41) is 0. The van der Waals surface area contributed by atoms with E-state index in [4.69, 9.17) is 14.2 Å². The van der Waals surface area contributed by atoms with Crippen molar-refractivity contribution in [3.05, 3.63) is 113 Å². The van der Waals surface area contributed by atoms with Crippen LogP contribution in [0.5, 0.6) is 11.5 Å². The molecule has 0 N–H and O–H groups in total. The molecule has 5 rings (SSSR count). The Morgan fingerprint density at radius 3 is 1.93 bits per heavy atom. The molecule has 0 radical (unpaired) electrons. The van der Waals surface area contributed by atoms with Crippen LogP contribution in [0.4, 0.5) is 0 Å². The Hall–Kier alpha value is -3.30.